The number of likely N-dealkylation sites (tertiary alicyclic amines) is 1. The molecule has 0 aromatic heterocycles. The van der Waals surface area contributed by atoms with Gasteiger partial charge in [-0.1, -0.05) is 36.8 Å². The van der Waals surface area contributed by atoms with Gasteiger partial charge in [0.25, 0.3) is 0 Å². The molecule has 0 radical (unpaired) electrons. The zero-order valence-corrected chi connectivity index (χ0v) is 15.6. The number of halogens is 3. The van der Waals surface area contributed by atoms with E-state index < -0.39 is 23.6 Å². The minimum atomic E-state index is -4.51. The van der Waals surface area contributed by atoms with Crippen molar-refractivity contribution in [1.82, 2.24) is 4.90 Å². The third-order valence-corrected chi connectivity index (χ3v) is 5.36. The molecule has 4 nitrogen and oxygen atoms in total. The summed E-state index contributed by atoms with van der Waals surface area (Å²) in [5, 5.41) is 0. The molecule has 7 heteroatoms. The molecule has 0 N–H and O–H groups in total. The van der Waals surface area contributed by atoms with E-state index in [0.29, 0.717) is 18.7 Å². The first kappa shape index (κ1) is 19.5. The van der Waals surface area contributed by atoms with Crippen LogP contribution < -0.4 is 0 Å². The van der Waals surface area contributed by atoms with Crippen LogP contribution in [0.4, 0.5) is 18.9 Å². The number of nitrogens with zero attached hydrogens (tertiary/aromatic N) is 2. The van der Waals surface area contributed by atoms with Crippen LogP contribution >= 0.6 is 0 Å². The van der Waals surface area contributed by atoms with Gasteiger partial charge in [0.2, 0.25) is 5.78 Å². The lowest BCUT2D eigenvalue weighted by Gasteiger charge is -2.36. The van der Waals surface area contributed by atoms with Gasteiger partial charge in [-0.05, 0) is 44.1 Å². The normalized spacial score (nSPS) is 22.0. The summed E-state index contributed by atoms with van der Waals surface area (Å²) in [5.74, 6) is -0.638. The van der Waals surface area contributed by atoms with Crippen molar-refractivity contribution >= 4 is 23.0 Å². The Hall–Kier alpha value is -2.80. The molecule has 29 heavy (non-hydrogen) atoms. The van der Waals surface area contributed by atoms with E-state index in [-0.39, 0.29) is 22.7 Å². The third-order valence-electron chi connectivity index (χ3n) is 5.36. The molecule has 0 amide bonds. The van der Waals surface area contributed by atoms with Crippen molar-refractivity contribution in [3.63, 3.8) is 0 Å². The van der Waals surface area contributed by atoms with Crippen molar-refractivity contribution in [1.29, 1.82) is 0 Å². The molecule has 0 bridgehead atoms. The van der Waals surface area contributed by atoms with Gasteiger partial charge in [-0.2, -0.15) is 13.2 Å². The summed E-state index contributed by atoms with van der Waals surface area (Å²) in [6.07, 6.45) is -1.67. The molecule has 2 aromatic rings. The van der Waals surface area contributed by atoms with Crippen LogP contribution in [-0.4, -0.2) is 41.3 Å². The van der Waals surface area contributed by atoms with E-state index in [1.54, 1.807) is 24.3 Å². The molecular formula is C22H19F3N2O2. The molecule has 1 aliphatic carbocycles. The number of aliphatic imine (C=N–C) groups is 1. The van der Waals surface area contributed by atoms with Gasteiger partial charge in [-0.25, -0.2) is 4.99 Å². The number of fused-ring (bicyclic) bond motifs is 1. The monoisotopic (exact) mass is 400 g/mol. The maximum atomic E-state index is 13.2. The summed E-state index contributed by atoms with van der Waals surface area (Å²) in [4.78, 5) is 32.6. The molecule has 1 fully saturated rings. The molecule has 4 rings (SSSR count). The maximum absolute atomic E-state index is 13.2. The summed E-state index contributed by atoms with van der Waals surface area (Å²) in [7, 11) is 0. The maximum Gasteiger partial charge on any atom is 0.416 e. The molecule has 1 saturated heterocycles. The number of ketones is 2. The zero-order chi connectivity index (χ0) is 20.6. The largest absolute Gasteiger partial charge is 0.416 e. The number of alkyl halides is 3. The lowest BCUT2D eigenvalue weighted by Crippen LogP contribution is -2.54. The summed E-state index contributed by atoms with van der Waals surface area (Å²) < 4.78 is 39.2. The first-order chi connectivity index (χ1) is 13.9. The van der Waals surface area contributed by atoms with E-state index in [2.05, 4.69) is 4.99 Å². The van der Waals surface area contributed by atoms with Crippen LogP contribution in [0.2, 0.25) is 0 Å². The highest BCUT2D eigenvalue weighted by Gasteiger charge is 2.42. The second-order valence-corrected chi connectivity index (χ2v) is 7.28. The molecule has 1 atom stereocenters. The van der Waals surface area contributed by atoms with Gasteiger partial charge < -0.3 is 0 Å². The topological polar surface area (TPSA) is 49.7 Å². The van der Waals surface area contributed by atoms with Crippen molar-refractivity contribution in [2.75, 3.05) is 13.1 Å². The van der Waals surface area contributed by atoms with Gasteiger partial charge in [0.15, 0.2) is 5.78 Å². The van der Waals surface area contributed by atoms with Crippen LogP contribution in [0.5, 0.6) is 0 Å². The first-order valence-electron chi connectivity index (χ1n) is 9.54. The fourth-order valence-corrected chi connectivity index (χ4v) is 3.95. The minimum absolute atomic E-state index is 0.00470. The number of carbonyl (C=O) groups excluding carboxylic acids is 2. The highest BCUT2D eigenvalue weighted by atomic mass is 19.4. The number of hydrogen-bond donors (Lipinski definition) is 0. The summed E-state index contributed by atoms with van der Waals surface area (Å²) >= 11 is 0. The number of hydrogen-bond acceptors (Lipinski definition) is 4. The zero-order valence-electron chi connectivity index (χ0n) is 15.6. The predicted molar refractivity (Wildman–Crippen MR) is 103 cm³/mol. The molecular weight excluding hydrogens is 381 g/mol. The Morgan fingerprint density at radius 2 is 1.59 bits per heavy atom. The summed E-state index contributed by atoms with van der Waals surface area (Å²) in [6.45, 7) is 1.29. The predicted octanol–water partition coefficient (Wildman–Crippen LogP) is 4.71. The lowest BCUT2D eigenvalue weighted by atomic mass is 9.83. The van der Waals surface area contributed by atoms with E-state index in [1.165, 1.54) is 12.1 Å². The lowest BCUT2D eigenvalue weighted by molar-refractivity contribution is -0.137. The SMILES string of the molecule is O=C1C(=Nc2cccc(C(F)(F)F)c2)C(N2CCCCC2)C(=O)c2ccccc21. The van der Waals surface area contributed by atoms with Crippen LogP contribution in [0.25, 0.3) is 0 Å². The summed E-state index contributed by atoms with van der Waals surface area (Å²) in [5.41, 5.74) is -0.247. The van der Waals surface area contributed by atoms with E-state index in [1.807, 2.05) is 4.90 Å². The Morgan fingerprint density at radius 1 is 0.897 bits per heavy atom. The Labute approximate surface area is 166 Å². The van der Waals surface area contributed by atoms with Gasteiger partial charge in [-0.15, -0.1) is 0 Å². The Kier molecular flexibility index (Phi) is 5.08. The molecule has 2 aliphatic rings. The quantitative estimate of drug-likeness (QED) is 0.734. The smallest absolute Gasteiger partial charge is 0.292 e. The van der Waals surface area contributed by atoms with Crippen LogP contribution in [0.3, 0.4) is 0 Å². The average molecular weight is 400 g/mol. The average Bonchev–Trinajstić information content (AvgIpc) is 2.72. The number of carbonyl (C=O) groups is 2. The van der Waals surface area contributed by atoms with Crippen molar-refractivity contribution in [3.05, 3.63) is 65.2 Å². The highest BCUT2D eigenvalue weighted by Crippen LogP contribution is 2.32. The third kappa shape index (κ3) is 3.74. The number of benzene rings is 2. The Bertz CT molecular complexity index is 992. The fraction of sp³-hybridized carbons (Fsp3) is 0.318. The van der Waals surface area contributed by atoms with E-state index in [0.717, 1.165) is 31.4 Å². The molecule has 2 aromatic carbocycles. The molecule has 0 spiro atoms. The fourth-order valence-electron chi connectivity index (χ4n) is 3.95. The second-order valence-electron chi connectivity index (χ2n) is 7.28. The van der Waals surface area contributed by atoms with Crippen LogP contribution in [-0.2, 0) is 6.18 Å². The molecule has 1 heterocycles. The van der Waals surface area contributed by atoms with Crippen molar-refractivity contribution in [2.45, 2.75) is 31.5 Å². The van der Waals surface area contributed by atoms with E-state index in [4.69, 9.17) is 0 Å². The van der Waals surface area contributed by atoms with Crippen molar-refractivity contribution in [2.24, 2.45) is 4.99 Å². The highest BCUT2D eigenvalue weighted by molar-refractivity contribution is 6.55. The second kappa shape index (κ2) is 7.55. The van der Waals surface area contributed by atoms with Gasteiger partial charge in [0.1, 0.15) is 11.8 Å². The molecule has 150 valence electrons. The molecule has 1 aliphatic heterocycles. The molecule has 0 saturated carbocycles. The van der Waals surface area contributed by atoms with Gasteiger partial charge >= 0.3 is 6.18 Å². The summed E-state index contributed by atoms with van der Waals surface area (Å²) in [6, 6.07) is 10.2. The molecule has 1 unspecified atom stereocenters. The number of Topliss-reactive ketones (excluding diaryl/α,β-unsaturated/α-hetero) is 2. The van der Waals surface area contributed by atoms with Gasteiger partial charge in [-0.3, -0.25) is 14.5 Å². The number of piperidine rings is 1. The van der Waals surface area contributed by atoms with Crippen LogP contribution in [0.15, 0.2) is 53.5 Å². The first-order valence-corrected chi connectivity index (χ1v) is 9.54. The van der Waals surface area contributed by atoms with Gasteiger partial charge in [0.05, 0.1) is 11.3 Å². The Morgan fingerprint density at radius 3 is 2.28 bits per heavy atom. The minimum Gasteiger partial charge on any atom is -0.292 e. The Balaban J connectivity index is 1.83. The van der Waals surface area contributed by atoms with Gasteiger partial charge in [0, 0.05) is 11.1 Å². The van der Waals surface area contributed by atoms with Crippen molar-refractivity contribution < 1.29 is 22.8 Å². The van der Waals surface area contributed by atoms with Crippen LogP contribution in [0.1, 0.15) is 45.5 Å². The van der Waals surface area contributed by atoms with Crippen molar-refractivity contribution in [3.8, 4) is 0 Å². The van der Waals surface area contributed by atoms with Crippen LogP contribution in [0, 0.1) is 0 Å². The number of rotatable bonds is 2. The standard InChI is InChI=1S/C22H19F3N2O2/c23-22(24,25)14-7-6-8-15(13-14)26-18-19(27-11-4-1-5-12-27)21(29)17-10-3-2-9-16(17)20(18)28/h2-3,6-10,13,19H,1,4-5,11-12H2. The van der Waals surface area contributed by atoms with E-state index >= 15 is 0 Å². The van der Waals surface area contributed by atoms with E-state index in [9.17, 15) is 22.8 Å².